The van der Waals surface area contributed by atoms with Crippen LogP contribution in [-0.4, -0.2) is 0 Å². The highest BCUT2D eigenvalue weighted by atomic mass is 35.5. The van der Waals surface area contributed by atoms with Gasteiger partial charge in [-0.05, 0) is 42.0 Å². The molecule has 0 atom stereocenters. The molecule has 0 unspecified atom stereocenters. The molecule has 0 fully saturated rings. The van der Waals surface area contributed by atoms with Gasteiger partial charge in [0.15, 0.2) is 0 Å². The monoisotopic (exact) mass is 287 g/mol. The summed E-state index contributed by atoms with van der Waals surface area (Å²) in [5.74, 6) is 2.91. The second-order valence-corrected chi connectivity index (χ2v) is 5.21. The van der Waals surface area contributed by atoms with Crippen LogP contribution in [0, 0.1) is 11.2 Å². The molecule has 0 N–H and O–H groups in total. The van der Waals surface area contributed by atoms with Crippen molar-refractivity contribution in [2.75, 3.05) is 4.31 Å². The largest absolute Gasteiger partial charge is 0.301 e. The fourth-order valence-electron chi connectivity index (χ4n) is 1.63. The molecule has 1 nitrogen and oxygen atoms in total. The molecule has 0 spiro atoms. The van der Waals surface area contributed by atoms with Crippen LogP contribution >= 0.6 is 23.5 Å². The predicted octanol–water partition coefficient (Wildman–Crippen LogP) is 4.98. The molecule has 2 rings (SSSR count). The molecule has 0 aliphatic carbocycles. The molecule has 96 valence electrons. The summed E-state index contributed by atoms with van der Waals surface area (Å²) in [6.07, 6.45) is 0. The Morgan fingerprint density at radius 1 is 1.05 bits per heavy atom. The van der Waals surface area contributed by atoms with Gasteiger partial charge in [0, 0.05) is 22.7 Å². The van der Waals surface area contributed by atoms with Gasteiger partial charge in [-0.15, -0.1) is 0 Å². The van der Waals surface area contributed by atoms with Gasteiger partial charge in [-0.2, -0.15) is 0 Å². The van der Waals surface area contributed by atoms with Crippen molar-refractivity contribution in [1.29, 1.82) is 0 Å². The van der Waals surface area contributed by atoms with Crippen molar-refractivity contribution in [2.24, 2.45) is 0 Å². The normalized spacial score (nSPS) is 9.58. The van der Waals surface area contributed by atoms with E-state index in [2.05, 4.69) is 27.6 Å². The fraction of sp³-hybridized carbons (Fsp3) is 0.125. The summed E-state index contributed by atoms with van der Waals surface area (Å²) in [6.45, 7) is 2.65. The van der Waals surface area contributed by atoms with Crippen molar-refractivity contribution < 1.29 is 0 Å². The molecule has 0 bridgehead atoms. The summed E-state index contributed by atoms with van der Waals surface area (Å²) in [4.78, 5) is 0. The van der Waals surface area contributed by atoms with Gasteiger partial charge in [-0.25, -0.2) is 0 Å². The van der Waals surface area contributed by atoms with E-state index in [1.165, 1.54) is 17.5 Å². The third kappa shape index (κ3) is 4.24. The third-order valence-electron chi connectivity index (χ3n) is 2.54. The van der Waals surface area contributed by atoms with E-state index in [1.807, 2.05) is 49.4 Å². The highest BCUT2D eigenvalue weighted by Crippen LogP contribution is 2.26. The molecule has 0 heterocycles. The molecule has 3 heteroatoms. The maximum absolute atomic E-state index is 5.93. The number of anilines is 1. The van der Waals surface area contributed by atoms with E-state index < -0.39 is 0 Å². The zero-order valence-corrected chi connectivity index (χ0v) is 12.2. The Morgan fingerprint density at radius 3 is 2.37 bits per heavy atom. The molecule has 0 aliphatic heterocycles. The van der Waals surface area contributed by atoms with Crippen LogP contribution in [0.3, 0.4) is 0 Å². The average molecular weight is 288 g/mol. The number of benzene rings is 2. The quantitative estimate of drug-likeness (QED) is 0.576. The lowest BCUT2D eigenvalue weighted by molar-refractivity contribution is 1.06. The summed E-state index contributed by atoms with van der Waals surface area (Å²) in [5, 5.41) is 3.79. The lowest BCUT2D eigenvalue weighted by Crippen LogP contribution is -2.12. The molecule has 0 saturated carbocycles. The van der Waals surface area contributed by atoms with Crippen molar-refractivity contribution in [2.45, 2.75) is 13.5 Å². The Balaban J connectivity index is 2.19. The first-order valence-electron chi connectivity index (χ1n) is 5.95. The summed E-state index contributed by atoms with van der Waals surface area (Å²) < 4.78 is 2.15. The van der Waals surface area contributed by atoms with E-state index >= 15 is 0 Å². The summed E-state index contributed by atoms with van der Waals surface area (Å²) in [6, 6.07) is 18.2. The second kappa shape index (κ2) is 7.13. The molecule has 0 amide bonds. The van der Waals surface area contributed by atoms with Gasteiger partial charge < -0.3 is 4.31 Å². The first-order valence-corrected chi connectivity index (χ1v) is 7.10. The molecule has 0 aromatic heterocycles. The van der Waals surface area contributed by atoms with Crippen molar-refractivity contribution in [3.63, 3.8) is 0 Å². The van der Waals surface area contributed by atoms with Crippen LogP contribution in [0.4, 0.5) is 5.69 Å². The standard InChI is InChI=1S/C16H14ClNS/c1-2-12-19-18(13-14-6-4-3-5-7-14)16-10-8-15(17)9-11-16/h3-11H,13H2,1H3. The smallest absolute Gasteiger partial charge is 0.0555 e. The zero-order valence-electron chi connectivity index (χ0n) is 10.6. The number of rotatable bonds is 4. The van der Waals surface area contributed by atoms with E-state index in [4.69, 9.17) is 11.6 Å². The molecular formula is C16H14ClNS. The SMILES string of the molecule is CC#CSN(Cc1ccccc1)c1ccc(Cl)cc1. The second-order valence-electron chi connectivity index (χ2n) is 3.94. The number of hydrogen-bond donors (Lipinski definition) is 0. The molecule has 0 saturated heterocycles. The highest BCUT2D eigenvalue weighted by molar-refractivity contribution is 8.05. The van der Waals surface area contributed by atoms with Crippen LogP contribution in [-0.2, 0) is 6.54 Å². The van der Waals surface area contributed by atoms with E-state index in [9.17, 15) is 0 Å². The van der Waals surface area contributed by atoms with Crippen LogP contribution in [0.15, 0.2) is 54.6 Å². The summed E-state index contributed by atoms with van der Waals surface area (Å²) in [7, 11) is 0. The maximum atomic E-state index is 5.93. The van der Waals surface area contributed by atoms with E-state index in [0.717, 1.165) is 17.3 Å². The van der Waals surface area contributed by atoms with Gasteiger partial charge in [0.2, 0.25) is 0 Å². The van der Waals surface area contributed by atoms with Crippen molar-refractivity contribution in [3.8, 4) is 11.2 Å². The van der Waals surface area contributed by atoms with Gasteiger partial charge in [-0.3, -0.25) is 0 Å². The minimum absolute atomic E-state index is 0.745. The molecule has 2 aromatic carbocycles. The number of hydrogen-bond acceptors (Lipinski definition) is 2. The minimum Gasteiger partial charge on any atom is -0.301 e. The molecular weight excluding hydrogens is 274 g/mol. The van der Waals surface area contributed by atoms with Crippen LogP contribution < -0.4 is 4.31 Å². The maximum Gasteiger partial charge on any atom is 0.0555 e. The van der Waals surface area contributed by atoms with Crippen LogP contribution in [0.25, 0.3) is 0 Å². The van der Waals surface area contributed by atoms with Gasteiger partial charge in [0.25, 0.3) is 0 Å². The Labute approximate surface area is 123 Å². The average Bonchev–Trinajstić information content (AvgIpc) is 2.45. The van der Waals surface area contributed by atoms with Crippen molar-refractivity contribution in [1.82, 2.24) is 0 Å². The minimum atomic E-state index is 0.745. The third-order valence-corrected chi connectivity index (χ3v) is 3.65. The Bertz CT molecular complexity index is 569. The topological polar surface area (TPSA) is 3.24 Å². The van der Waals surface area contributed by atoms with Crippen molar-refractivity contribution in [3.05, 3.63) is 65.2 Å². The Morgan fingerprint density at radius 2 is 1.74 bits per heavy atom. The van der Waals surface area contributed by atoms with Crippen molar-refractivity contribution >= 4 is 29.2 Å². The highest BCUT2D eigenvalue weighted by Gasteiger charge is 2.07. The first-order chi connectivity index (χ1) is 9.29. The number of halogens is 1. The van der Waals surface area contributed by atoms with Gasteiger partial charge in [-0.1, -0.05) is 47.9 Å². The predicted molar refractivity (Wildman–Crippen MR) is 85.1 cm³/mol. The number of nitrogens with zero attached hydrogens (tertiary/aromatic N) is 1. The van der Waals surface area contributed by atoms with Crippen LogP contribution in [0.5, 0.6) is 0 Å². The van der Waals surface area contributed by atoms with Gasteiger partial charge >= 0.3 is 0 Å². The van der Waals surface area contributed by atoms with Gasteiger partial charge in [0.1, 0.15) is 0 Å². The summed E-state index contributed by atoms with van der Waals surface area (Å²) in [5.41, 5.74) is 2.35. The molecule has 0 radical (unpaired) electrons. The Kier molecular flexibility index (Phi) is 5.20. The lowest BCUT2D eigenvalue weighted by atomic mass is 10.2. The Hall–Kier alpha value is -1.56. The van der Waals surface area contributed by atoms with Crippen LogP contribution in [0.1, 0.15) is 12.5 Å². The molecule has 2 aromatic rings. The fourth-order valence-corrected chi connectivity index (χ4v) is 2.40. The molecule has 19 heavy (non-hydrogen) atoms. The van der Waals surface area contributed by atoms with Gasteiger partial charge in [0.05, 0.1) is 6.54 Å². The van der Waals surface area contributed by atoms with E-state index in [1.54, 1.807) is 0 Å². The zero-order chi connectivity index (χ0) is 13.5. The van der Waals surface area contributed by atoms with Crippen LogP contribution in [0.2, 0.25) is 5.02 Å². The first kappa shape index (κ1) is 13.9. The van der Waals surface area contributed by atoms with E-state index in [-0.39, 0.29) is 0 Å². The van der Waals surface area contributed by atoms with E-state index in [0.29, 0.717) is 0 Å². The lowest BCUT2D eigenvalue weighted by Gasteiger charge is -2.20. The summed E-state index contributed by atoms with van der Waals surface area (Å²) >= 11 is 7.43. The molecule has 0 aliphatic rings.